The van der Waals surface area contributed by atoms with Crippen molar-refractivity contribution in [2.45, 2.75) is 45.3 Å². The topological polar surface area (TPSA) is 77.2 Å². The summed E-state index contributed by atoms with van der Waals surface area (Å²) in [5, 5.41) is 3.17. The SMILES string of the molecule is CCOC1CC(N)(C(=O)Nc2ncc(Cc3ccc(F)cc3F)s2)C1(C)C.Cl. The molecule has 2 aromatic rings. The monoisotopic (exact) mass is 431 g/mol. The van der Waals surface area contributed by atoms with E-state index in [1.807, 2.05) is 20.8 Å². The molecule has 3 rings (SSSR count). The van der Waals surface area contributed by atoms with E-state index in [1.165, 1.54) is 23.5 Å². The minimum Gasteiger partial charge on any atom is -0.378 e. The Bertz CT molecular complexity index is 861. The molecule has 0 spiro atoms. The second kappa shape index (κ2) is 8.41. The van der Waals surface area contributed by atoms with Gasteiger partial charge in [-0.05, 0) is 18.6 Å². The van der Waals surface area contributed by atoms with Crippen LogP contribution in [0.3, 0.4) is 0 Å². The molecule has 28 heavy (non-hydrogen) atoms. The molecule has 1 aliphatic rings. The second-order valence-corrected chi connectivity index (χ2v) is 8.45. The summed E-state index contributed by atoms with van der Waals surface area (Å²) in [4.78, 5) is 17.6. The molecule has 9 heteroatoms. The summed E-state index contributed by atoms with van der Waals surface area (Å²) in [5.74, 6) is -1.53. The normalized spacial score (nSPS) is 22.9. The Morgan fingerprint density at radius 1 is 1.43 bits per heavy atom. The first-order chi connectivity index (χ1) is 12.7. The van der Waals surface area contributed by atoms with Crippen LogP contribution < -0.4 is 11.1 Å². The highest BCUT2D eigenvalue weighted by Gasteiger charge is 2.63. The zero-order valence-corrected chi connectivity index (χ0v) is 17.6. The summed E-state index contributed by atoms with van der Waals surface area (Å²) >= 11 is 1.24. The average molecular weight is 432 g/mol. The highest BCUT2D eigenvalue weighted by molar-refractivity contribution is 7.15. The maximum Gasteiger partial charge on any atom is 0.246 e. The lowest BCUT2D eigenvalue weighted by atomic mass is 9.54. The molecular weight excluding hydrogens is 408 g/mol. The highest BCUT2D eigenvalue weighted by Crippen LogP contribution is 2.50. The van der Waals surface area contributed by atoms with Crippen molar-refractivity contribution in [3.63, 3.8) is 0 Å². The summed E-state index contributed by atoms with van der Waals surface area (Å²) in [6, 6.07) is 3.47. The van der Waals surface area contributed by atoms with Crippen molar-refractivity contribution in [3.8, 4) is 0 Å². The fourth-order valence-corrected chi connectivity index (χ4v) is 4.16. The molecule has 1 fully saturated rings. The molecule has 154 valence electrons. The average Bonchev–Trinajstić information content (AvgIpc) is 3.04. The van der Waals surface area contributed by atoms with Gasteiger partial charge in [-0.2, -0.15) is 0 Å². The van der Waals surface area contributed by atoms with Crippen LogP contribution in [-0.2, 0) is 16.0 Å². The summed E-state index contributed by atoms with van der Waals surface area (Å²) in [6.07, 6.45) is 2.22. The molecule has 5 nitrogen and oxygen atoms in total. The first-order valence-corrected chi connectivity index (χ1v) is 9.59. The summed E-state index contributed by atoms with van der Waals surface area (Å²) in [6.45, 7) is 6.32. The van der Waals surface area contributed by atoms with Gasteiger partial charge in [0.1, 0.15) is 17.2 Å². The van der Waals surface area contributed by atoms with E-state index < -0.39 is 22.6 Å². The van der Waals surface area contributed by atoms with Crippen LogP contribution >= 0.6 is 23.7 Å². The Morgan fingerprint density at radius 3 is 2.75 bits per heavy atom. The van der Waals surface area contributed by atoms with Crippen LogP contribution in [0.4, 0.5) is 13.9 Å². The molecule has 0 saturated heterocycles. The number of nitrogens with zero attached hydrogens (tertiary/aromatic N) is 1. The maximum absolute atomic E-state index is 13.8. The first kappa shape index (κ1) is 22.7. The Morgan fingerprint density at radius 2 is 2.14 bits per heavy atom. The van der Waals surface area contributed by atoms with Gasteiger partial charge >= 0.3 is 0 Å². The molecule has 0 radical (unpaired) electrons. The minimum absolute atomic E-state index is 0. The fraction of sp³-hybridized carbons (Fsp3) is 0.474. The lowest BCUT2D eigenvalue weighted by molar-refractivity contribution is -0.166. The standard InChI is InChI=1S/C19H23F2N3O2S.ClH/c1-4-26-15-9-19(22,18(15,2)3)16(25)24-17-23-10-13(27-17)7-11-5-6-12(20)8-14(11)21;/h5-6,8,10,15H,4,7,9,22H2,1-3H3,(H,23,24,25);1H. The van der Waals surface area contributed by atoms with Crippen molar-refractivity contribution < 1.29 is 18.3 Å². The Hall–Kier alpha value is -1.61. The van der Waals surface area contributed by atoms with E-state index in [4.69, 9.17) is 10.5 Å². The number of thiazole rings is 1. The number of hydrogen-bond acceptors (Lipinski definition) is 5. The lowest BCUT2D eigenvalue weighted by Crippen LogP contribution is -2.74. The van der Waals surface area contributed by atoms with E-state index in [-0.39, 0.29) is 30.8 Å². The molecule has 1 aliphatic carbocycles. The van der Waals surface area contributed by atoms with Crippen LogP contribution in [0.2, 0.25) is 0 Å². The summed E-state index contributed by atoms with van der Waals surface area (Å²) < 4.78 is 32.4. The number of benzene rings is 1. The van der Waals surface area contributed by atoms with Gasteiger partial charge in [0.2, 0.25) is 5.91 Å². The number of halogens is 3. The van der Waals surface area contributed by atoms with Crippen molar-refractivity contribution in [2.24, 2.45) is 11.1 Å². The van der Waals surface area contributed by atoms with Crippen LogP contribution in [-0.4, -0.2) is 29.1 Å². The smallest absolute Gasteiger partial charge is 0.246 e. The predicted octanol–water partition coefficient (Wildman–Crippen LogP) is 3.90. The molecule has 2 atom stereocenters. The molecule has 2 unspecified atom stereocenters. The van der Waals surface area contributed by atoms with E-state index in [0.29, 0.717) is 23.7 Å². The van der Waals surface area contributed by atoms with Gasteiger partial charge in [0, 0.05) is 42.0 Å². The quantitative estimate of drug-likeness (QED) is 0.727. The van der Waals surface area contributed by atoms with E-state index >= 15 is 0 Å². The number of anilines is 1. The zero-order valence-electron chi connectivity index (χ0n) is 15.9. The molecule has 0 aliphatic heterocycles. The molecule has 1 aromatic carbocycles. The molecule has 1 aromatic heterocycles. The highest BCUT2D eigenvalue weighted by atomic mass is 35.5. The van der Waals surface area contributed by atoms with Crippen LogP contribution in [0.5, 0.6) is 0 Å². The summed E-state index contributed by atoms with van der Waals surface area (Å²) in [5.41, 5.74) is 5.19. The Balaban J connectivity index is 0.00000280. The zero-order chi connectivity index (χ0) is 19.8. The van der Waals surface area contributed by atoms with Crippen molar-refractivity contribution in [1.82, 2.24) is 4.98 Å². The fourth-order valence-electron chi connectivity index (χ4n) is 3.33. The van der Waals surface area contributed by atoms with Gasteiger partial charge in [-0.3, -0.25) is 4.79 Å². The van der Waals surface area contributed by atoms with Gasteiger partial charge in [0.25, 0.3) is 0 Å². The van der Waals surface area contributed by atoms with Crippen LogP contribution in [0.1, 0.15) is 37.6 Å². The van der Waals surface area contributed by atoms with Gasteiger partial charge in [-0.25, -0.2) is 13.8 Å². The first-order valence-electron chi connectivity index (χ1n) is 8.78. The van der Waals surface area contributed by atoms with Crippen molar-refractivity contribution >= 4 is 34.8 Å². The van der Waals surface area contributed by atoms with Crippen LogP contribution in [0.25, 0.3) is 0 Å². The van der Waals surface area contributed by atoms with Crippen LogP contribution in [0.15, 0.2) is 24.4 Å². The van der Waals surface area contributed by atoms with Gasteiger partial charge in [-0.1, -0.05) is 19.9 Å². The number of nitrogens with one attached hydrogen (secondary N) is 1. The third-order valence-corrected chi connectivity index (χ3v) is 6.30. The van der Waals surface area contributed by atoms with Gasteiger partial charge in [0.05, 0.1) is 6.10 Å². The van der Waals surface area contributed by atoms with Crippen molar-refractivity contribution in [3.05, 3.63) is 46.5 Å². The largest absolute Gasteiger partial charge is 0.378 e. The van der Waals surface area contributed by atoms with E-state index in [0.717, 1.165) is 10.9 Å². The number of nitrogens with two attached hydrogens (primary N) is 1. The number of carbonyl (C=O) groups excluding carboxylic acids is 1. The molecular formula is C19H24ClF2N3O2S. The van der Waals surface area contributed by atoms with E-state index in [1.54, 1.807) is 6.20 Å². The van der Waals surface area contributed by atoms with Gasteiger partial charge < -0.3 is 15.8 Å². The lowest BCUT2D eigenvalue weighted by Gasteiger charge is -2.57. The van der Waals surface area contributed by atoms with Gasteiger partial charge in [0.15, 0.2) is 5.13 Å². The van der Waals surface area contributed by atoms with Crippen LogP contribution in [0, 0.1) is 17.0 Å². The number of hydrogen-bond donors (Lipinski definition) is 2. The van der Waals surface area contributed by atoms with Crippen molar-refractivity contribution in [2.75, 3.05) is 11.9 Å². The molecule has 1 saturated carbocycles. The van der Waals surface area contributed by atoms with Crippen molar-refractivity contribution in [1.29, 1.82) is 0 Å². The number of amides is 1. The molecule has 3 N–H and O–H groups in total. The van der Waals surface area contributed by atoms with E-state index in [9.17, 15) is 13.6 Å². The molecule has 1 heterocycles. The maximum atomic E-state index is 13.8. The second-order valence-electron chi connectivity index (χ2n) is 7.34. The number of aromatic nitrogens is 1. The third kappa shape index (κ3) is 4.05. The van der Waals surface area contributed by atoms with E-state index in [2.05, 4.69) is 10.3 Å². The minimum atomic E-state index is -1.04. The Labute approximate surface area is 173 Å². The predicted molar refractivity (Wildman–Crippen MR) is 108 cm³/mol. The molecule has 0 bridgehead atoms. The Kier molecular flexibility index (Phi) is 6.81. The van der Waals surface area contributed by atoms with Gasteiger partial charge in [-0.15, -0.1) is 23.7 Å². The number of ether oxygens (including phenoxy) is 1. The summed E-state index contributed by atoms with van der Waals surface area (Å²) in [7, 11) is 0. The third-order valence-electron chi connectivity index (χ3n) is 5.39. The number of rotatable bonds is 6. The number of carbonyl (C=O) groups is 1. The molecule has 1 amide bonds.